The molecule has 0 aliphatic carbocycles. The van der Waals surface area contributed by atoms with Crippen LogP contribution in [0.1, 0.15) is 45.9 Å². The van der Waals surface area contributed by atoms with E-state index < -0.39 is 9.68 Å². The third kappa shape index (κ3) is 4.77. The van der Waals surface area contributed by atoms with Crippen molar-refractivity contribution in [2.45, 2.75) is 49.7 Å². The van der Waals surface area contributed by atoms with Gasteiger partial charge in [-0.1, -0.05) is 0 Å². The maximum absolute atomic E-state index is 13.5. The van der Waals surface area contributed by atoms with Gasteiger partial charge >= 0.3 is 6.09 Å². The Balaban J connectivity index is 1.69. The fourth-order valence-electron chi connectivity index (χ4n) is 3.30. The van der Waals surface area contributed by atoms with Gasteiger partial charge in [0.15, 0.2) is 15.7 Å². The van der Waals surface area contributed by atoms with Crippen LogP contribution in [0.15, 0.2) is 18.5 Å². The van der Waals surface area contributed by atoms with Crippen molar-refractivity contribution < 1.29 is 14.3 Å². The number of ketones is 1. The molecule has 1 aromatic rings. The summed E-state index contributed by atoms with van der Waals surface area (Å²) >= 11 is 3.33. The number of likely N-dealkylation sites (tertiary alicyclic amines) is 1. The number of nitrogens with zero attached hydrogens (tertiary/aromatic N) is 3. The van der Waals surface area contributed by atoms with E-state index in [2.05, 4.69) is 9.97 Å². The van der Waals surface area contributed by atoms with Gasteiger partial charge in [0, 0.05) is 31.4 Å². The molecule has 2 fully saturated rings. The van der Waals surface area contributed by atoms with Crippen molar-refractivity contribution in [1.29, 1.82) is 0 Å². The standard InChI is InChI=1S/C19H27N3O3S2/c1-18(2,3)25-17(24)22-10-6-14(7-11-22)15(23)19(26-12-5-13-27-19)16-20-8-4-9-21-16/h4,8-9,14H,5-7,10-13H2,1-3H3. The zero-order valence-corrected chi connectivity index (χ0v) is 17.8. The van der Waals surface area contributed by atoms with E-state index >= 15 is 0 Å². The number of rotatable bonds is 3. The van der Waals surface area contributed by atoms with E-state index in [9.17, 15) is 9.59 Å². The SMILES string of the molecule is CC(C)(C)OC(=O)N1CCC(C(=O)C2(c3ncccn3)SCCCS2)CC1. The Morgan fingerprint density at radius 2 is 1.74 bits per heavy atom. The van der Waals surface area contributed by atoms with E-state index in [0.29, 0.717) is 31.8 Å². The summed E-state index contributed by atoms with van der Waals surface area (Å²) in [5.41, 5.74) is -0.506. The summed E-state index contributed by atoms with van der Waals surface area (Å²) in [5, 5.41) is 0. The molecule has 8 heteroatoms. The third-order valence-corrected chi connectivity index (χ3v) is 7.87. The average Bonchev–Trinajstić information content (AvgIpc) is 2.67. The van der Waals surface area contributed by atoms with Crippen molar-refractivity contribution in [1.82, 2.24) is 14.9 Å². The molecular weight excluding hydrogens is 382 g/mol. The minimum Gasteiger partial charge on any atom is -0.444 e. The van der Waals surface area contributed by atoms with Gasteiger partial charge < -0.3 is 9.64 Å². The number of carbonyl (C=O) groups excluding carboxylic acids is 2. The quantitative estimate of drug-likeness (QED) is 0.753. The molecule has 3 rings (SSSR count). The lowest BCUT2D eigenvalue weighted by Gasteiger charge is -2.38. The molecule has 0 aromatic carbocycles. The zero-order chi connectivity index (χ0) is 19.5. The Hall–Kier alpha value is -1.28. The number of Topliss-reactive ketones (excluding diaryl/α,β-unsaturated/α-hetero) is 1. The maximum Gasteiger partial charge on any atom is 0.410 e. The van der Waals surface area contributed by atoms with Gasteiger partial charge in [-0.3, -0.25) is 4.79 Å². The predicted molar refractivity (Wildman–Crippen MR) is 109 cm³/mol. The molecule has 148 valence electrons. The van der Waals surface area contributed by atoms with Gasteiger partial charge in [0.25, 0.3) is 0 Å². The highest BCUT2D eigenvalue weighted by atomic mass is 32.2. The monoisotopic (exact) mass is 409 g/mol. The molecule has 0 radical (unpaired) electrons. The number of thioether (sulfide) groups is 2. The maximum atomic E-state index is 13.5. The first-order chi connectivity index (χ1) is 12.8. The molecule has 6 nitrogen and oxygen atoms in total. The van der Waals surface area contributed by atoms with E-state index in [0.717, 1.165) is 17.9 Å². The van der Waals surface area contributed by atoms with Gasteiger partial charge in [0.1, 0.15) is 5.60 Å². The largest absolute Gasteiger partial charge is 0.444 e. The first-order valence-electron chi connectivity index (χ1n) is 9.39. The van der Waals surface area contributed by atoms with Crippen LogP contribution in [0.2, 0.25) is 0 Å². The highest BCUT2D eigenvalue weighted by molar-refractivity contribution is 8.19. The van der Waals surface area contributed by atoms with Crippen molar-refractivity contribution in [3.63, 3.8) is 0 Å². The minimum atomic E-state index is -0.710. The molecule has 0 spiro atoms. The van der Waals surface area contributed by atoms with Crippen molar-refractivity contribution in [3.8, 4) is 0 Å². The van der Waals surface area contributed by atoms with Gasteiger partial charge in [-0.2, -0.15) is 0 Å². The highest BCUT2D eigenvalue weighted by Crippen LogP contribution is 2.51. The smallest absolute Gasteiger partial charge is 0.410 e. The lowest BCUT2D eigenvalue weighted by molar-refractivity contribution is -0.124. The van der Waals surface area contributed by atoms with Crippen LogP contribution in [0, 0.1) is 5.92 Å². The van der Waals surface area contributed by atoms with Crippen LogP contribution in [0.25, 0.3) is 0 Å². The number of hydrogen-bond acceptors (Lipinski definition) is 7. The van der Waals surface area contributed by atoms with Crippen LogP contribution in [0.3, 0.4) is 0 Å². The first kappa shape index (κ1) is 20.5. The van der Waals surface area contributed by atoms with E-state index in [-0.39, 0.29) is 17.8 Å². The lowest BCUT2D eigenvalue weighted by atomic mass is 9.90. The molecule has 0 unspecified atom stereocenters. The predicted octanol–water partition coefficient (Wildman–Crippen LogP) is 3.72. The summed E-state index contributed by atoms with van der Waals surface area (Å²) in [7, 11) is 0. The van der Waals surface area contributed by atoms with Crippen LogP contribution in [-0.2, 0) is 13.6 Å². The third-order valence-electron chi connectivity index (χ3n) is 4.60. The van der Waals surface area contributed by atoms with E-state index in [4.69, 9.17) is 4.74 Å². The molecule has 1 amide bonds. The summed E-state index contributed by atoms with van der Waals surface area (Å²) in [4.78, 5) is 36.3. The average molecular weight is 410 g/mol. The van der Waals surface area contributed by atoms with Crippen molar-refractivity contribution in [2.24, 2.45) is 5.92 Å². The van der Waals surface area contributed by atoms with Crippen LogP contribution in [0.4, 0.5) is 4.79 Å². The summed E-state index contributed by atoms with van der Waals surface area (Å²) in [5.74, 6) is 2.61. The highest BCUT2D eigenvalue weighted by Gasteiger charge is 2.48. The second-order valence-electron chi connectivity index (χ2n) is 7.85. The van der Waals surface area contributed by atoms with Crippen LogP contribution < -0.4 is 0 Å². The molecule has 2 aliphatic rings. The Morgan fingerprint density at radius 3 is 2.30 bits per heavy atom. The van der Waals surface area contributed by atoms with E-state index in [1.165, 1.54) is 0 Å². The van der Waals surface area contributed by atoms with Crippen molar-refractivity contribution in [2.75, 3.05) is 24.6 Å². The summed E-state index contributed by atoms with van der Waals surface area (Å²) in [6, 6.07) is 1.78. The number of ether oxygens (including phenoxy) is 1. The molecule has 0 atom stereocenters. The van der Waals surface area contributed by atoms with E-state index in [1.54, 1.807) is 46.9 Å². The number of hydrogen-bond donors (Lipinski definition) is 0. The topological polar surface area (TPSA) is 72.4 Å². The van der Waals surface area contributed by atoms with Crippen LogP contribution in [-0.4, -0.2) is 56.9 Å². The van der Waals surface area contributed by atoms with Gasteiger partial charge in [-0.05, 0) is 57.6 Å². The normalized spacial score (nSPS) is 20.9. The van der Waals surface area contributed by atoms with Gasteiger partial charge in [-0.15, -0.1) is 23.5 Å². The second-order valence-corrected chi connectivity index (χ2v) is 10.7. The number of aromatic nitrogens is 2. The minimum absolute atomic E-state index is 0.0782. The molecule has 2 aliphatic heterocycles. The Labute approximate surface area is 169 Å². The molecule has 27 heavy (non-hydrogen) atoms. The summed E-state index contributed by atoms with van der Waals surface area (Å²) in [6.45, 7) is 6.69. The zero-order valence-electron chi connectivity index (χ0n) is 16.1. The molecule has 0 bridgehead atoms. The van der Waals surface area contributed by atoms with Crippen molar-refractivity contribution in [3.05, 3.63) is 24.3 Å². The summed E-state index contributed by atoms with van der Waals surface area (Å²) < 4.78 is 4.74. The molecule has 2 saturated heterocycles. The molecule has 0 N–H and O–H groups in total. The van der Waals surface area contributed by atoms with Gasteiger partial charge in [0.05, 0.1) is 0 Å². The first-order valence-corrected chi connectivity index (χ1v) is 11.4. The van der Waals surface area contributed by atoms with Gasteiger partial charge in [-0.25, -0.2) is 14.8 Å². The molecule has 1 aromatic heterocycles. The Bertz CT molecular complexity index is 665. The van der Waals surface area contributed by atoms with E-state index in [1.807, 2.05) is 20.8 Å². The van der Waals surface area contributed by atoms with Gasteiger partial charge in [0.2, 0.25) is 0 Å². The fraction of sp³-hybridized carbons (Fsp3) is 0.684. The Kier molecular flexibility index (Phi) is 6.35. The second kappa shape index (κ2) is 8.39. The number of carbonyl (C=O) groups is 2. The molecule has 0 saturated carbocycles. The molecular formula is C19H27N3O3S2. The number of amides is 1. The van der Waals surface area contributed by atoms with Crippen LogP contribution in [0.5, 0.6) is 0 Å². The molecule has 3 heterocycles. The van der Waals surface area contributed by atoms with Crippen LogP contribution >= 0.6 is 23.5 Å². The summed E-state index contributed by atoms with van der Waals surface area (Å²) in [6.07, 6.45) is 5.53. The fourth-order valence-corrected chi connectivity index (χ4v) is 6.56. The number of piperidine rings is 1. The Morgan fingerprint density at radius 1 is 1.15 bits per heavy atom. The van der Waals surface area contributed by atoms with Crippen molar-refractivity contribution >= 4 is 35.4 Å². The lowest BCUT2D eigenvalue weighted by Crippen LogP contribution is -2.46.